The number of aromatic nitrogens is 1. The van der Waals surface area contributed by atoms with Crippen LogP contribution in [0.5, 0.6) is 0 Å². The number of nitrogens with two attached hydrogens (primary N) is 1. The van der Waals surface area contributed by atoms with Crippen LogP contribution < -0.4 is 63.6 Å². The average Bonchev–Trinajstić information content (AvgIpc) is 1.60. The van der Waals surface area contributed by atoms with Gasteiger partial charge in [-0.3, -0.25) is 57.9 Å². The zero-order valence-corrected chi connectivity index (χ0v) is 59.0. The van der Waals surface area contributed by atoms with Gasteiger partial charge in [0.2, 0.25) is 47.3 Å². The summed E-state index contributed by atoms with van der Waals surface area (Å²) in [5, 5.41) is 97.6. The van der Waals surface area contributed by atoms with E-state index in [0.717, 1.165) is 31.4 Å². The minimum atomic E-state index is -1.78. The Morgan fingerprint density at radius 2 is 1.15 bits per heavy atom. The SMILES string of the molecule is C[C@@H](O)[C@@H]1NC(=O)[C@H](CCCCN)NC(=O)[C@@H](Cc2c[nH]c3ccccc23)NC(=O)[C@H](Cc2ccccc2)NC(=O)[C@@H](NC(=O)[C@@H](Cc2ccccc2)NC(=O)CN(CCN(CCN(CC(=O)[O-])CC(=O)O)CC(=O)[O-])CC(=O)[O-])CSSC[C@@H](C(=O)N[C@H](CO)[C@@H](C)O)NC1=O.[In+3]. The number of carbonyl (C=O) groups is 12. The monoisotopic (exact) mass is 1510 g/mol. The minimum absolute atomic E-state index is 0. The fraction of sp³-hybridized carbons (Fsp3) is 0.492. The van der Waals surface area contributed by atoms with E-state index in [0.29, 0.717) is 34.0 Å². The minimum Gasteiger partial charge on any atom is -0.549 e. The van der Waals surface area contributed by atoms with Crippen LogP contribution in [-0.2, 0) is 76.8 Å². The Morgan fingerprint density at radius 1 is 0.622 bits per heavy atom. The molecule has 35 heteroatoms. The number of carboxylic acid groups (broad SMARTS) is 4. The second kappa shape index (κ2) is 42.8. The molecule has 1 saturated heterocycles. The number of amides is 8. The number of aliphatic hydroxyl groups is 3. The second-order valence-electron chi connectivity index (χ2n) is 23.2. The summed E-state index contributed by atoms with van der Waals surface area (Å²) in [7, 11) is 1.74. The Labute approximate surface area is 591 Å². The second-order valence-corrected chi connectivity index (χ2v) is 25.7. The molecule has 1 aliphatic rings. The van der Waals surface area contributed by atoms with E-state index in [1.165, 1.54) is 18.7 Å². The molecule has 98 heavy (non-hydrogen) atoms. The van der Waals surface area contributed by atoms with E-state index in [-0.39, 0.29) is 96.4 Å². The molecule has 1 aliphatic heterocycles. The number of H-pyrrole nitrogens is 1. The number of carboxylic acids is 4. The number of hydrogen-bond donors (Lipinski definition) is 14. The van der Waals surface area contributed by atoms with Crippen molar-refractivity contribution in [2.24, 2.45) is 5.73 Å². The smallest absolute Gasteiger partial charge is 0.549 e. The van der Waals surface area contributed by atoms with Gasteiger partial charge in [-0.2, -0.15) is 0 Å². The van der Waals surface area contributed by atoms with Gasteiger partial charge in [-0.15, -0.1) is 0 Å². The topological polar surface area (TPSA) is 503 Å². The summed E-state index contributed by atoms with van der Waals surface area (Å²) in [6.45, 7) is -3.35. The third kappa shape index (κ3) is 28.9. The van der Waals surface area contributed by atoms with Crippen molar-refractivity contribution in [1.29, 1.82) is 0 Å². The molecule has 0 radical (unpaired) electrons. The Kier molecular flexibility index (Phi) is 36.1. The maximum Gasteiger partial charge on any atom is 3.00 e. The van der Waals surface area contributed by atoms with Gasteiger partial charge >= 0.3 is 31.8 Å². The molecule has 1 aromatic heterocycles. The normalized spacial score (nSPS) is 19.6. The van der Waals surface area contributed by atoms with Gasteiger partial charge in [0.15, 0.2) is 0 Å². The third-order valence-electron chi connectivity index (χ3n) is 15.4. The van der Waals surface area contributed by atoms with E-state index in [2.05, 4.69) is 47.5 Å². The van der Waals surface area contributed by atoms with Crippen LogP contribution in [0.4, 0.5) is 0 Å². The maximum absolute atomic E-state index is 15.2. The molecule has 0 spiro atoms. The molecular weight excluding hydrogens is 1420 g/mol. The Hall–Kier alpha value is -7.87. The predicted octanol–water partition coefficient (Wildman–Crippen LogP) is -7.79. The van der Waals surface area contributed by atoms with E-state index < -0.39 is 177 Å². The molecule has 3 aromatic carbocycles. The van der Waals surface area contributed by atoms with Gasteiger partial charge in [0.1, 0.15) is 42.3 Å². The summed E-state index contributed by atoms with van der Waals surface area (Å²) in [6.07, 6.45) is -1.38. The number of aliphatic carboxylic acids is 4. The summed E-state index contributed by atoms with van der Waals surface area (Å²) in [5.74, 6) is -14.8. The molecule has 2 heterocycles. The van der Waals surface area contributed by atoms with E-state index >= 15 is 9.59 Å². The molecule has 5 rings (SSSR count). The van der Waals surface area contributed by atoms with Gasteiger partial charge in [0, 0.05) is 93.7 Å². The van der Waals surface area contributed by atoms with Gasteiger partial charge in [0.25, 0.3) is 0 Å². The van der Waals surface area contributed by atoms with Crippen LogP contribution in [0.2, 0.25) is 0 Å². The van der Waals surface area contributed by atoms with E-state index in [1.54, 1.807) is 91.1 Å². The molecule has 0 aliphatic carbocycles. The van der Waals surface area contributed by atoms with Crippen molar-refractivity contribution in [2.75, 3.05) is 83.6 Å². The van der Waals surface area contributed by atoms with Crippen LogP contribution in [0, 0.1) is 0 Å². The summed E-state index contributed by atoms with van der Waals surface area (Å²) in [5.41, 5.74) is 8.06. The molecule has 530 valence electrons. The van der Waals surface area contributed by atoms with Gasteiger partial charge in [-0.05, 0) is 62.4 Å². The van der Waals surface area contributed by atoms with Crippen molar-refractivity contribution in [3.63, 3.8) is 0 Å². The zero-order chi connectivity index (χ0) is 71.1. The molecule has 32 nitrogen and oxygen atoms in total. The molecule has 1 fully saturated rings. The van der Waals surface area contributed by atoms with Gasteiger partial charge < -0.3 is 103 Å². The van der Waals surface area contributed by atoms with Crippen LogP contribution in [0.1, 0.15) is 49.8 Å². The molecule has 0 unspecified atom stereocenters. The molecule has 0 bridgehead atoms. The number of carbonyl (C=O) groups excluding carboxylic acids is 11. The van der Waals surface area contributed by atoms with Crippen LogP contribution in [0.3, 0.4) is 0 Å². The number of hydrogen-bond acceptors (Lipinski definition) is 24. The van der Waals surface area contributed by atoms with Crippen molar-refractivity contribution in [2.45, 2.75) is 113 Å². The third-order valence-corrected chi connectivity index (χ3v) is 17.8. The number of aromatic amines is 1. The van der Waals surface area contributed by atoms with E-state index in [4.69, 9.17) is 5.73 Å². The van der Waals surface area contributed by atoms with Crippen LogP contribution in [0.15, 0.2) is 91.1 Å². The van der Waals surface area contributed by atoms with E-state index in [9.17, 15) is 83.7 Å². The number of nitrogens with zero attached hydrogens (tertiary/aromatic N) is 3. The van der Waals surface area contributed by atoms with Gasteiger partial charge in [0.05, 0.1) is 55.9 Å². The first-order chi connectivity index (χ1) is 46.2. The van der Waals surface area contributed by atoms with Crippen molar-refractivity contribution in [3.8, 4) is 0 Å². The predicted molar refractivity (Wildman–Crippen MR) is 354 cm³/mol. The zero-order valence-electron chi connectivity index (χ0n) is 54.1. The van der Waals surface area contributed by atoms with Crippen LogP contribution in [0.25, 0.3) is 10.9 Å². The molecule has 0 saturated carbocycles. The summed E-state index contributed by atoms with van der Waals surface area (Å²) in [6, 6.07) is 11.4. The first-order valence-electron chi connectivity index (χ1n) is 31.2. The quantitative estimate of drug-likeness (QED) is 0.0153. The molecule has 8 amide bonds. The standard InChI is InChI=1S/C63H87N13O19S2.In/c1-37(78)48(34-77)70-62(94)50-36-97-96-35-49(71-58(90)45(25-39-13-5-3-6-14-39)66-51(80)29-75(31-53(83)84)23-21-74(30-52(81)82)22-24-76(32-54(85)86)33-55(87)88)61(93)68-46(26-40-15-7-4-8-16-40)59(91)69-47(27-41-28-65-43-18-10-9-17-42(41)43)60(92)67-44(19-11-12-20-64)57(89)73-56(38(2)79)63(95)72-50;/h3-10,13-18,28,37-38,44-50,56,65,77-79H,11-12,19-27,29-36,64H2,1-2H3,(H,66,80)(H,67,92)(H,68,93)(H,69,91)(H,70,94)(H,71,90)(H,72,95)(H,73,89)(H,81,82)(H,83,84)(H,85,86)(H,87,88);/q;+3/p-3/t37-,38-,44+,45-,46+,47-,48-,49+,50+,56+;/m1./s1. The number of benzene rings is 3. The fourth-order valence-electron chi connectivity index (χ4n) is 10.3. The number of aliphatic hydroxyl groups excluding tert-OH is 3. The number of nitrogens with one attached hydrogen (secondary N) is 9. The molecular formula is C63H84InN13O19S2. The van der Waals surface area contributed by atoms with Crippen LogP contribution in [-0.4, -0.2) is 281 Å². The number of fused-ring (bicyclic) bond motifs is 1. The fourth-order valence-corrected chi connectivity index (χ4v) is 12.6. The molecule has 10 atom stereocenters. The number of rotatable bonds is 34. The van der Waals surface area contributed by atoms with Crippen LogP contribution >= 0.6 is 21.6 Å². The number of unbranched alkanes of at least 4 members (excludes halogenated alkanes) is 1. The van der Waals surface area contributed by atoms with Gasteiger partial charge in [-0.25, -0.2) is 0 Å². The summed E-state index contributed by atoms with van der Waals surface area (Å²) in [4.78, 5) is 170. The maximum atomic E-state index is 15.2. The van der Waals surface area contributed by atoms with Gasteiger partial charge in [-0.1, -0.05) is 100 Å². The van der Waals surface area contributed by atoms with Crippen molar-refractivity contribution in [1.82, 2.24) is 62.2 Å². The van der Waals surface area contributed by atoms with Crippen molar-refractivity contribution >= 4 is 129 Å². The van der Waals surface area contributed by atoms with Crippen molar-refractivity contribution in [3.05, 3.63) is 108 Å². The summed E-state index contributed by atoms with van der Waals surface area (Å²) >= 11 is 0. The Balaban J connectivity index is 0.0000204. The summed E-state index contributed by atoms with van der Waals surface area (Å²) < 4.78 is 0. The Morgan fingerprint density at radius 3 is 1.73 bits per heavy atom. The van der Waals surface area contributed by atoms with E-state index in [1.807, 2.05) is 0 Å². The average molecular weight is 1510 g/mol. The molecule has 4 aromatic rings. The first-order valence-corrected chi connectivity index (χ1v) is 33.7. The largest absolute Gasteiger partial charge is 3.00 e. The molecule has 15 N–H and O–H groups in total. The number of para-hydroxylation sites is 1. The van der Waals surface area contributed by atoms with Crippen molar-refractivity contribution < 1.29 is 93.3 Å². The first kappa shape index (κ1) is 82.6. The Bertz CT molecular complexity index is 3290.